The van der Waals surface area contributed by atoms with Crippen LogP contribution in [0.25, 0.3) is 0 Å². The summed E-state index contributed by atoms with van der Waals surface area (Å²) >= 11 is 0. The van der Waals surface area contributed by atoms with E-state index in [1.165, 1.54) is 19.3 Å². The number of hydrogen-bond donors (Lipinski definition) is 1. The quantitative estimate of drug-likeness (QED) is 0.801. The fourth-order valence-electron chi connectivity index (χ4n) is 3.00. The largest absolute Gasteiger partial charge is 0.341 e. The molecular formula is C16H30N2O. The van der Waals surface area contributed by atoms with Gasteiger partial charge in [-0.1, -0.05) is 20.8 Å². The van der Waals surface area contributed by atoms with Crippen LogP contribution in [0.3, 0.4) is 0 Å². The fourth-order valence-corrected chi connectivity index (χ4v) is 3.00. The lowest BCUT2D eigenvalue weighted by molar-refractivity contribution is -0.134. The van der Waals surface area contributed by atoms with Crippen molar-refractivity contribution < 1.29 is 4.79 Å². The molecule has 19 heavy (non-hydrogen) atoms. The third kappa shape index (κ3) is 4.48. The smallest absolute Gasteiger partial charge is 0.222 e. The summed E-state index contributed by atoms with van der Waals surface area (Å²) in [6, 6.07) is 0.516. The zero-order chi connectivity index (χ0) is 13.8. The van der Waals surface area contributed by atoms with E-state index < -0.39 is 0 Å². The van der Waals surface area contributed by atoms with Crippen molar-refractivity contribution in [3.8, 4) is 0 Å². The fraction of sp³-hybridized carbons (Fsp3) is 0.938. The molecule has 3 nitrogen and oxygen atoms in total. The van der Waals surface area contributed by atoms with E-state index in [0.29, 0.717) is 30.2 Å². The maximum absolute atomic E-state index is 12.2. The topological polar surface area (TPSA) is 32.3 Å². The molecule has 0 aromatic heterocycles. The van der Waals surface area contributed by atoms with Crippen LogP contribution in [0.1, 0.15) is 52.9 Å². The molecule has 2 rings (SSSR count). The summed E-state index contributed by atoms with van der Waals surface area (Å²) in [4.78, 5) is 14.3. The average molecular weight is 266 g/mol. The van der Waals surface area contributed by atoms with Crippen molar-refractivity contribution in [3.05, 3.63) is 0 Å². The molecule has 1 saturated carbocycles. The van der Waals surface area contributed by atoms with Crippen LogP contribution in [0.2, 0.25) is 0 Å². The van der Waals surface area contributed by atoms with Crippen molar-refractivity contribution in [2.75, 3.05) is 19.6 Å². The molecule has 1 saturated heterocycles. The Morgan fingerprint density at radius 1 is 1.32 bits per heavy atom. The monoisotopic (exact) mass is 266 g/mol. The minimum Gasteiger partial charge on any atom is -0.341 e. The zero-order valence-corrected chi connectivity index (χ0v) is 12.8. The van der Waals surface area contributed by atoms with Crippen LogP contribution in [0.5, 0.6) is 0 Å². The summed E-state index contributed by atoms with van der Waals surface area (Å²) in [6.45, 7) is 9.72. The van der Waals surface area contributed by atoms with Gasteiger partial charge in [-0.2, -0.15) is 0 Å². The van der Waals surface area contributed by atoms with Gasteiger partial charge in [0.1, 0.15) is 0 Å². The van der Waals surface area contributed by atoms with E-state index in [4.69, 9.17) is 0 Å². The van der Waals surface area contributed by atoms with Gasteiger partial charge in [0.2, 0.25) is 5.91 Å². The third-order valence-electron chi connectivity index (χ3n) is 4.63. The Labute approximate surface area is 118 Å². The van der Waals surface area contributed by atoms with Crippen LogP contribution < -0.4 is 5.32 Å². The summed E-state index contributed by atoms with van der Waals surface area (Å²) in [7, 11) is 0. The van der Waals surface area contributed by atoms with Gasteiger partial charge < -0.3 is 10.2 Å². The molecule has 2 unspecified atom stereocenters. The highest BCUT2D eigenvalue weighted by Gasteiger charge is 2.32. The molecule has 1 amide bonds. The first kappa shape index (κ1) is 14.8. The van der Waals surface area contributed by atoms with Crippen LogP contribution in [-0.2, 0) is 4.79 Å². The van der Waals surface area contributed by atoms with Crippen molar-refractivity contribution in [1.29, 1.82) is 0 Å². The number of nitrogens with one attached hydrogen (secondary N) is 1. The van der Waals surface area contributed by atoms with Gasteiger partial charge >= 0.3 is 0 Å². The number of hydrogen-bond acceptors (Lipinski definition) is 2. The van der Waals surface area contributed by atoms with E-state index in [1.807, 2.05) is 0 Å². The molecular weight excluding hydrogens is 236 g/mol. The zero-order valence-electron chi connectivity index (χ0n) is 12.8. The van der Waals surface area contributed by atoms with Gasteiger partial charge in [-0.25, -0.2) is 0 Å². The number of piperidine rings is 1. The van der Waals surface area contributed by atoms with E-state index >= 15 is 0 Å². The molecule has 1 N–H and O–H groups in total. The Morgan fingerprint density at radius 2 is 2.05 bits per heavy atom. The second kappa shape index (κ2) is 6.74. The second-order valence-electron chi connectivity index (χ2n) is 6.84. The lowest BCUT2D eigenvalue weighted by atomic mass is 9.85. The first-order chi connectivity index (χ1) is 9.10. The van der Waals surface area contributed by atoms with E-state index in [1.54, 1.807) is 0 Å². The van der Waals surface area contributed by atoms with Crippen LogP contribution in [0, 0.1) is 17.8 Å². The van der Waals surface area contributed by atoms with Gasteiger partial charge in [-0.3, -0.25) is 4.79 Å². The van der Waals surface area contributed by atoms with Crippen LogP contribution in [0.15, 0.2) is 0 Å². The molecule has 3 heteroatoms. The van der Waals surface area contributed by atoms with Crippen molar-refractivity contribution in [2.24, 2.45) is 17.8 Å². The van der Waals surface area contributed by atoms with E-state index in [0.717, 1.165) is 32.0 Å². The normalized spacial score (nSPS) is 27.9. The molecule has 110 valence electrons. The lowest BCUT2D eigenvalue weighted by Gasteiger charge is -2.40. The molecule has 0 bridgehead atoms. The average Bonchev–Trinajstić information content (AvgIpc) is 3.20. The van der Waals surface area contributed by atoms with Gasteiger partial charge in [0.15, 0.2) is 0 Å². The summed E-state index contributed by atoms with van der Waals surface area (Å²) in [5.41, 5.74) is 0. The Balaban J connectivity index is 1.88. The van der Waals surface area contributed by atoms with Gasteiger partial charge in [-0.05, 0) is 50.0 Å². The SMILES string of the molecule is CCCC(=O)N1CC(NCC2CC2)CC(C(C)C)C1. The number of carbonyl (C=O) groups excluding carboxylic acids is 1. The predicted octanol–water partition coefficient (Wildman–Crippen LogP) is 2.66. The number of carbonyl (C=O) groups is 1. The molecule has 2 fully saturated rings. The molecule has 0 aromatic carbocycles. The molecule has 1 aliphatic heterocycles. The molecule has 1 aliphatic carbocycles. The number of nitrogens with zero attached hydrogens (tertiary/aromatic N) is 1. The highest BCUT2D eigenvalue weighted by molar-refractivity contribution is 5.76. The summed E-state index contributed by atoms with van der Waals surface area (Å²) in [5.74, 6) is 2.60. The van der Waals surface area contributed by atoms with Crippen molar-refractivity contribution in [1.82, 2.24) is 10.2 Å². The van der Waals surface area contributed by atoms with Crippen LogP contribution >= 0.6 is 0 Å². The highest BCUT2D eigenvalue weighted by atomic mass is 16.2. The number of amides is 1. The summed E-state index contributed by atoms with van der Waals surface area (Å²) < 4.78 is 0. The maximum atomic E-state index is 12.2. The third-order valence-corrected chi connectivity index (χ3v) is 4.63. The molecule has 2 aliphatic rings. The minimum atomic E-state index is 0.353. The van der Waals surface area contributed by atoms with E-state index in [9.17, 15) is 4.79 Å². The van der Waals surface area contributed by atoms with Gasteiger partial charge in [0.05, 0.1) is 0 Å². The lowest BCUT2D eigenvalue weighted by Crippen LogP contribution is -2.52. The van der Waals surface area contributed by atoms with Crippen molar-refractivity contribution in [2.45, 2.75) is 58.9 Å². The van der Waals surface area contributed by atoms with Crippen molar-refractivity contribution >= 4 is 5.91 Å². The van der Waals surface area contributed by atoms with Crippen LogP contribution in [0.4, 0.5) is 0 Å². The highest BCUT2D eigenvalue weighted by Crippen LogP contribution is 2.29. The predicted molar refractivity (Wildman–Crippen MR) is 78.9 cm³/mol. The molecule has 0 aromatic rings. The number of rotatable bonds is 6. The Hall–Kier alpha value is -0.570. The summed E-state index contributed by atoms with van der Waals surface area (Å²) in [5, 5.41) is 3.70. The standard InChI is InChI=1S/C16H30N2O/c1-4-5-16(19)18-10-14(12(2)3)8-15(11-18)17-9-13-6-7-13/h12-15,17H,4-11H2,1-3H3. The molecule has 2 atom stereocenters. The Bertz CT molecular complexity index is 299. The van der Waals surface area contributed by atoms with Gasteiger partial charge in [0, 0.05) is 25.6 Å². The van der Waals surface area contributed by atoms with E-state index in [-0.39, 0.29) is 0 Å². The summed E-state index contributed by atoms with van der Waals surface area (Å²) in [6.07, 6.45) is 5.69. The molecule has 0 radical (unpaired) electrons. The first-order valence-electron chi connectivity index (χ1n) is 8.11. The minimum absolute atomic E-state index is 0.353. The van der Waals surface area contributed by atoms with E-state index in [2.05, 4.69) is 31.0 Å². The Kier molecular flexibility index (Phi) is 5.26. The Morgan fingerprint density at radius 3 is 2.63 bits per heavy atom. The molecule has 1 heterocycles. The second-order valence-corrected chi connectivity index (χ2v) is 6.84. The van der Waals surface area contributed by atoms with Crippen molar-refractivity contribution in [3.63, 3.8) is 0 Å². The van der Waals surface area contributed by atoms with Gasteiger partial charge in [-0.15, -0.1) is 0 Å². The number of likely N-dealkylation sites (tertiary alicyclic amines) is 1. The maximum Gasteiger partial charge on any atom is 0.222 e. The first-order valence-corrected chi connectivity index (χ1v) is 8.11. The van der Waals surface area contributed by atoms with Gasteiger partial charge in [0.25, 0.3) is 0 Å². The van der Waals surface area contributed by atoms with Crippen LogP contribution in [-0.4, -0.2) is 36.5 Å². The molecule has 0 spiro atoms.